The summed E-state index contributed by atoms with van der Waals surface area (Å²) in [5, 5.41) is 4.98. The summed E-state index contributed by atoms with van der Waals surface area (Å²) in [5.74, 6) is -0.708. The van der Waals surface area contributed by atoms with Crippen molar-refractivity contribution in [3.8, 4) is 5.06 Å². The van der Waals surface area contributed by atoms with Crippen molar-refractivity contribution in [3.63, 3.8) is 0 Å². The summed E-state index contributed by atoms with van der Waals surface area (Å²) in [6, 6.07) is 12.3. The van der Waals surface area contributed by atoms with E-state index in [0.29, 0.717) is 11.5 Å². The van der Waals surface area contributed by atoms with Crippen molar-refractivity contribution in [2.75, 3.05) is 0 Å². The Morgan fingerprint density at radius 2 is 1.95 bits per heavy atom. The average molecular weight is 289 g/mol. The maximum atomic E-state index is 12.1. The van der Waals surface area contributed by atoms with Crippen LogP contribution in [0.2, 0.25) is 0 Å². The highest BCUT2D eigenvalue weighted by Gasteiger charge is 2.22. The Labute approximate surface area is 121 Å². The maximum absolute atomic E-state index is 12.1. The number of carbonyl (C=O) groups excluding carboxylic acids is 2. The first-order valence-corrected chi connectivity index (χ1v) is 7.09. The smallest absolute Gasteiger partial charge is 0.335 e. The van der Waals surface area contributed by atoms with Gasteiger partial charge in [0.25, 0.3) is 0 Å². The van der Waals surface area contributed by atoms with E-state index in [0.717, 1.165) is 5.56 Å². The molecule has 4 nitrogen and oxygen atoms in total. The monoisotopic (exact) mass is 289 g/mol. The van der Waals surface area contributed by atoms with Gasteiger partial charge in [-0.25, -0.2) is 4.79 Å². The Kier molecular flexibility index (Phi) is 4.90. The quantitative estimate of drug-likeness (QED) is 0.860. The van der Waals surface area contributed by atoms with Crippen LogP contribution in [0.1, 0.15) is 12.5 Å². The zero-order valence-corrected chi connectivity index (χ0v) is 11.9. The molecule has 0 bridgehead atoms. The molecule has 0 spiro atoms. The molecule has 0 aliphatic rings. The molecule has 0 radical (unpaired) electrons. The van der Waals surface area contributed by atoms with E-state index in [1.54, 1.807) is 12.1 Å². The summed E-state index contributed by atoms with van der Waals surface area (Å²) in [6.07, 6.45) is 0.407. The van der Waals surface area contributed by atoms with Crippen molar-refractivity contribution in [2.24, 2.45) is 0 Å². The molecule has 1 aromatic heterocycles. The summed E-state index contributed by atoms with van der Waals surface area (Å²) in [7, 11) is 0. The fraction of sp³-hybridized carbons (Fsp3) is 0.200. The van der Waals surface area contributed by atoms with Crippen LogP contribution in [0.5, 0.6) is 5.06 Å². The van der Waals surface area contributed by atoms with Gasteiger partial charge < -0.3 is 10.1 Å². The third-order valence-electron chi connectivity index (χ3n) is 2.64. The second-order valence-corrected chi connectivity index (χ2v) is 5.21. The minimum Gasteiger partial charge on any atom is -0.414 e. The number of carbonyl (C=O) groups is 2. The molecule has 1 atom stereocenters. The zero-order chi connectivity index (χ0) is 14.4. The largest absolute Gasteiger partial charge is 0.414 e. The van der Waals surface area contributed by atoms with Gasteiger partial charge in [-0.1, -0.05) is 30.3 Å². The van der Waals surface area contributed by atoms with Gasteiger partial charge in [-0.15, -0.1) is 11.3 Å². The van der Waals surface area contributed by atoms with Gasteiger partial charge in [0.15, 0.2) is 5.06 Å². The van der Waals surface area contributed by atoms with E-state index in [9.17, 15) is 9.59 Å². The van der Waals surface area contributed by atoms with Crippen LogP contribution < -0.4 is 10.1 Å². The van der Waals surface area contributed by atoms with Gasteiger partial charge in [-0.2, -0.15) is 0 Å². The molecule has 1 N–H and O–H groups in total. The third-order valence-corrected chi connectivity index (χ3v) is 3.39. The normalized spacial score (nSPS) is 11.7. The molecule has 20 heavy (non-hydrogen) atoms. The molecule has 0 unspecified atom stereocenters. The lowest BCUT2D eigenvalue weighted by molar-refractivity contribution is -0.138. The number of rotatable bonds is 5. The number of benzene rings is 1. The molecule has 1 amide bonds. The molecule has 0 saturated carbocycles. The molecule has 0 aliphatic carbocycles. The topological polar surface area (TPSA) is 55.4 Å². The second kappa shape index (κ2) is 6.86. The Morgan fingerprint density at radius 1 is 1.20 bits per heavy atom. The van der Waals surface area contributed by atoms with Gasteiger partial charge in [0.05, 0.1) is 0 Å². The molecule has 2 aromatic rings. The van der Waals surface area contributed by atoms with Crippen LogP contribution in [0.15, 0.2) is 47.8 Å². The molecule has 2 rings (SSSR count). The maximum Gasteiger partial charge on any atom is 0.335 e. The Bertz CT molecular complexity index is 566. The van der Waals surface area contributed by atoms with E-state index >= 15 is 0 Å². The van der Waals surface area contributed by atoms with Gasteiger partial charge >= 0.3 is 5.97 Å². The van der Waals surface area contributed by atoms with E-state index < -0.39 is 12.0 Å². The summed E-state index contributed by atoms with van der Waals surface area (Å²) < 4.78 is 5.25. The van der Waals surface area contributed by atoms with Crippen LogP contribution in [-0.4, -0.2) is 17.9 Å². The van der Waals surface area contributed by atoms with E-state index in [1.807, 2.05) is 35.7 Å². The zero-order valence-electron chi connectivity index (χ0n) is 11.0. The Balaban J connectivity index is 2.06. The lowest BCUT2D eigenvalue weighted by atomic mass is 10.1. The average Bonchev–Trinajstić information content (AvgIpc) is 2.91. The van der Waals surface area contributed by atoms with Crippen molar-refractivity contribution in [1.82, 2.24) is 5.32 Å². The molecule has 1 aromatic carbocycles. The summed E-state index contributed by atoms with van der Waals surface area (Å²) in [4.78, 5) is 23.4. The summed E-state index contributed by atoms with van der Waals surface area (Å²) in [6.45, 7) is 1.39. The predicted octanol–water partition coefficient (Wildman–Crippen LogP) is 2.40. The number of amides is 1. The van der Waals surface area contributed by atoms with Crippen LogP contribution in [0.25, 0.3) is 0 Å². The highest BCUT2D eigenvalue weighted by Crippen LogP contribution is 2.19. The molecule has 5 heteroatoms. The minimum atomic E-state index is -0.683. The first kappa shape index (κ1) is 14.3. The number of hydrogen-bond acceptors (Lipinski definition) is 4. The van der Waals surface area contributed by atoms with Gasteiger partial charge in [0, 0.05) is 13.3 Å². The minimum absolute atomic E-state index is 0.255. The van der Waals surface area contributed by atoms with Crippen molar-refractivity contribution in [1.29, 1.82) is 0 Å². The second-order valence-electron chi connectivity index (χ2n) is 4.30. The molecule has 0 fully saturated rings. The van der Waals surface area contributed by atoms with E-state index in [2.05, 4.69) is 5.32 Å². The molecule has 104 valence electrons. The number of hydrogen-bond donors (Lipinski definition) is 1. The summed E-state index contributed by atoms with van der Waals surface area (Å²) >= 11 is 1.34. The van der Waals surface area contributed by atoms with E-state index in [-0.39, 0.29) is 5.91 Å². The van der Waals surface area contributed by atoms with Crippen LogP contribution in [0, 0.1) is 0 Å². The Morgan fingerprint density at radius 3 is 2.55 bits per heavy atom. The first-order valence-electron chi connectivity index (χ1n) is 6.21. The molecular weight excluding hydrogens is 274 g/mol. The van der Waals surface area contributed by atoms with Crippen molar-refractivity contribution >= 4 is 23.2 Å². The van der Waals surface area contributed by atoms with Crippen molar-refractivity contribution < 1.29 is 14.3 Å². The van der Waals surface area contributed by atoms with Crippen LogP contribution in [0.4, 0.5) is 0 Å². The van der Waals surface area contributed by atoms with Gasteiger partial charge in [-0.3, -0.25) is 4.79 Å². The highest BCUT2D eigenvalue weighted by molar-refractivity contribution is 7.11. The first-order chi connectivity index (χ1) is 9.65. The van der Waals surface area contributed by atoms with Crippen LogP contribution in [0.3, 0.4) is 0 Å². The van der Waals surface area contributed by atoms with Gasteiger partial charge in [0.1, 0.15) is 6.04 Å². The van der Waals surface area contributed by atoms with Crippen LogP contribution in [-0.2, 0) is 16.0 Å². The van der Waals surface area contributed by atoms with Gasteiger partial charge in [-0.05, 0) is 23.1 Å². The molecule has 1 heterocycles. The van der Waals surface area contributed by atoms with Gasteiger partial charge in [0.2, 0.25) is 5.91 Å². The van der Waals surface area contributed by atoms with E-state index in [4.69, 9.17) is 4.74 Å². The SMILES string of the molecule is CC(=O)N[C@@H](Cc1ccccc1)C(=O)Oc1cccs1. The highest BCUT2D eigenvalue weighted by atomic mass is 32.1. The Hall–Kier alpha value is -2.14. The third kappa shape index (κ3) is 4.20. The van der Waals surface area contributed by atoms with Crippen molar-refractivity contribution in [2.45, 2.75) is 19.4 Å². The van der Waals surface area contributed by atoms with E-state index in [1.165, 1.54) is 18.3 Å². The fourth-order valence-electron chi connectivity index (χ4n) is 1.78. The predicted molar refractivity (Wildman–Crippen MR) is 77.7 cm³/mol. The van der Waals surface area contributed by atoms with Crippen molar-refractivity contribution in [3.05, 3.63) is 53.4 Å². The lowest BCUT2D eigenvalue weighted by Gasteiger charge is -2.16. The number of esters is 1. The lowest BCUT2D eigenvalue weighted by Crippen LogP contribution is -2.43. The van der Waals surface area contributed by atoms with Crippen LogP contribution >= 0.6 is 11.3 Å². The molecular formula is C15H15NO3S. The summed E-state index contributed by atoms with van der Waals surface area (Å²) in [5.41, 5.74) is 0.967. The molecule has 0 aliphatic heterocycles. The standard InChI is InChI=1S/C15H15NO3S/c1-11(17)16-13(10-12-6-3-2-4-7-12)15(18)19-14-8-5-9-20-14/h2-9,13H,10H2,1H3,(H,16,17)/t13-/m0/s1. The number of thiophene rings is 1. The molecule has 0 saturated heterocycles. The fourth-order valence-corrected chi connectivity index (χ4v) is 2.36. The number of nitrogens with one attached hydrogen (secondary N) is 1. The number of ether oxygens (including phenoxy) is 1.